The van der Waals surface area contributed by atoms with E-state index in [1.54, 1.807) is 12.1 Å². The van der Waals surface area contributed by atoms with E-state index in [9.17, 15) is 13.2 Å². The van der Waals surface area contributed by atoms with Crippen molar-refractivity contribution >= 4 is 21.5 Å². The van der Waals surface area contributed by atoms with Gasteiger partial charge in [-0.25, -0.2) is 8.42 Å². The molecular formula is C41H49N3O3S. The number of nitrogens with zero attached hydrogens (tertiary/aromatic N) is 2. The number of sulfonamides is 1. The van der Waals surface area contributed by atoms with E-state index in [-0.39, 0.29) is 10.7 Å². The van der Waals surface area contributed by atoms with Gasteiger partial charge in [0.25, 0.3) is 10.0 Å². The molecule has 6 nitrogen and oxygen atoms in total. The Balaban J connectivity index is 0.946. The number of likely N-dealkylation sites (tertiary alicyclic amines) is 1. The highest BCUT2D eigenvalue weighted by Crippen LogP contribution is 2.28. The van der Waals surface area contributed by atoms with Crippen molar-refractivity contribution in [3.8, 4) is 0 Å². The van der Waals surface area contributed by atoms with Crippen LogP contribution in [-0.2, 0) is 36.0 Å². The lowest BCUT2D eigenvalue weighted by atomic mass is 9.90. The van der Waals surface area contributed by atoms with E-state index in [1.165, 1.54) is 22.3 Å². The van der Waals surface area contributed by atoms with Gasteiger partial charge < -0.3 is 0 Å². The number of fused-ring (bicyclic) bond motifs is 1. The van der Waals surface area contributed by atoms with Gasteiger partial charge in [-0.1, -0.05) is 72.3 Å². The van der Waals surface area contributed by atoms with Crippen molar-refractivity contribution in [2.75, 3.05) is 30.9 Å². The van der Waals surface area contributed by atoms with E-state index >= 15 is 0 Å². The molecule has 4 aromatic rings. The number of Topliss-reactive ketones (excluding diaryl/α,β-unsaturated/α-hetero) is 1. The van der Waals surface area contributed by atoms with Crippen molar-refractivity contribution in [2.24, 2.45) is 5.92 Å². The summed E-state index contributed by atoms with van der Waals surface area (Å²) in [7, 11) is -3.66. The lowest BCUT2D eigenvalue weighted by Gasteiger charge is -2.32. The number of benzene rings is 4. The number of rotatable bonds is 12. The number of anilines is 1. The number of aryl methyl sites for hydroxylation is 2. The molecule has 1 saturated heterocycles. The molecule has 2 heterocycles. The summed E-state index contributed by atoms with van der Waals surface area (Å²) in [5, 5.41) is 0. The van der Waals surface area contributed by atoms with Crippen molar-refractivity contribution in [1.82, 2.24) is 9.80 Å². The van der Waals surface area contributed by atoms with Gasteiger partial charge in [0.1, 0.15) is 0 Å². The average Bonchev–Trinajstić information content (AvgIpc) is 3.29. The number of hydrogen-bond acceptors (Lipinski definition) is 5. The summed E-state index contributed by atoms with van der Waals surface area (Å²) in [4.78, 5) is 18.5. The first kappa shape index (κ1) is 34.1. The molecule has 1 fully saturated rings. The third kappa shape index (κ3) is 8.81. The van der Waals surface area contributed by atoms with Crippen molar-refractivity contribution in [3.63, 3.8) is 0 Å². The normalized spacial score (nSPS) is 16.3. The highest BCUT2D eigenvalue weighted by atomic mass is 32.2. The first-order chi connectivity index (χ1) is 23.2. The zero-order chi connectivity index (χ0) is 33.5. The first-order valence-corrected chi connectivity index (χ1v) is 19.0. The second kappa shape index (κ2) is 15.6. The minimum Gasteiger partial charge on any atom is -0.299 e. The third-order valence-corrected chi connectivity index (χ3v) is 11.7. The van der Waals surface area contributed by atoms with E-state index in [2.05, 4.69) is 63.9 Å². The molecule has 6 rings (SSSR count). The fourth-order valence-electron chi connectivity index (χ4n) is 7.18. The number of carbonyl (C=O) groups is 1. The number of nitrogens with one attached hydrogen (secondary N) is 1. The van der Waals surface area contributed by atoms with Crippen LogP contribution in [0.25, 0.3) is 0 Å². The van der Waals surface area contributed by atoms with Gasteiger partial charge in [0.05, 0.1) is 10.6 Å². The second-order valence-electron chi connectivity index (χ2n) is 13.8. The quantitative estimate of drug-likeness (QED) is 0.156. The van der Waals surface area contributed by atoms with E-state index in [0.29, 0.717) is 24.6 Å². The molecule has 0 aliphatic carbocycles. The molecule has 2 aliphatic heterocycles. The van der Waals surface area contributed by atoms with Crippen molar-refractivity contribution < 1.29 is 13.2 Å². The predicted octanol–water partition coefficient (Wildman–Crippen LogP) is 7.97. The minimum absolute atomic E-state index is 0.265. The van der Waals surface area contributed by atoms with Gasteiger partial charge >= 0.3 is 0 Å². The summed E-state index contributed by atoms with van der Waals surface area (Å²) >= 11 is 0. The van der Waals surface area contributed by atoms with Crippen LogP contribution in [0.1, 0.15) is 75.8 Å². The molecule has 0 bridgehead atoms. The Morgan fingerprint density at radius 3 is 2.15 bits per heavy atom. The van der Waals surface area contributed by atoms with Gasteiger partial charge in [0, 0.05) is 38.2 Å². The maximum Gasteiger partial charge on any atom is 0.261 e. The molecule has 0 aromatic heterocycles. The molecular weight excluding hydrogens is 615 g/mol. The van der Waals surface area contributed by atoms with Crippen molar-refractivity contribution in [3.05, 3.63) is 130 Å². The first-order valence-electron chi connectivity index (χ1n) is 17.5. The second-order valence-corrected chi connectivity index (χ2v) is 15.5. The highest BCUT2D eigenvalue weighted by molar-refractivity contribution is 7.92. The van der Waals surface area contributed by atoms with Gasteiger partial charge in [0.15, 0.2) is 5.78 Å². The lowest BCUT2D eigenvalue weighted by molar-refractivity contribution is 0.0974. The molecule has 48 heavy (non-hydrogen) atoms. The number of para-hydroxylation sites is 1. The summed E-state index contributed by atoms with van der Waals surface area (Å²) in [5.74, 6) is 0.886. The summed E-state index contributed by atoms with van der Waals surface area (Å²) < 4.78 is 28.9. The highest BCUT2D eigenvalue weighted by Gasteiger charge is 2.22. The molecule has 0 radical (unpaired) electrons. The molecule has 0 amide bonds. The zero-order valence-corrected chi connectivity index (χ0v) is 29.3. The molecule has 0 spiro atoms. The van der Waals surface area contributed by atoms with E-state index in [1.807, 2.05) is 43.3 Å². The molecule has 7 heteroatoms. The molecule has 4 aromatic carbocycles. The Morgan fingerprint density at radius 2 is 1.40 bits per heavy atom. The number of carbonyl (C=O) groups excluding carboxylic acids is 1. The Hall–Kier alpha value is -3.78. The largest absolute Gasteiger partial charge is 0.299 e. The van der Waals surface area contributed by atoms with Crippen LogP contribution >= 0.6 is 0 Å². The number of hydrogen-bond donors (Lipinski definition) is 1. The smallest absolute Gasteiger partial charge is 0.261 e. The maximum absolute atomic E-state index is 13.2. The zero-order valence-electron chi connectivity index (χ0n) is 28.5. The van der Waals surface area contributed by atoms with Gasteiger partial charge in [0.2, 0.25) is 0 Å². The van der Waals surface area contributed by atoms with Crippen LogP contribution in [0.5, 0.6) is 0 Å². The van der Waals surface area contributed by atoms with Crippen molar-refractivity contribution in [2.45, 2.75) is 76.8 Å². The monoisotopic (exact) mass is 663 g/mol. The Morgan fingerprint density at radius 1 is 0.750 bits per heavy atom. The van der Waals surface area contributed by atoms with Crippen LogP contribution in [0.2, 0.25) is 0 Å². The molecule has 1 N–H and O–H groups in total. The standard InChI is InChI=1S/C41H49N3O3S/c1-31-14-18-39(19-15-31)48(46,47)42-40-12-6-5-11-38(40)30-43-24-20-33(21-25-43)9-7-13-41(45)36-17-16-34-22-26-44(27-23-35(34)28-36)29-37-10-4-3-8-32(37)2/h3-6,8,10-12,14-19,28,33,42H,7,9,13,20-27,29-30H2,1-2H3. The van der Waals surface area contributed by atoms with Gasteiger partial charge in [-0.3, -0.25) is 19.3 Å². The van der Waals surface area contributed by atoms with Gasteiger partial charge in [-0.15, -0.1) is 0 Å². The summed E-state index contributed by atoms with van der Waals surface area (Å²) in [5.41, 5.74) is 8.98. The maximum atomic E-state index is 13.2. The predicted molar refractivity (Wildman–Crippen MR) is 195 cm³/mol. The Bertz CT molecular complexity index is 1810. The molecule has 0 unspecified atom stereocenters. The minimum atomic E-state index is -3.66. The fourth-order valence-corrected chi connectivity index (χ4v) is 8.28. The van der Waals surface area contributed by atoms with Crippen molar-refractivity contribution in [1.29, 1.82) is 0 Å². The summed E-state index contributed by atoms with van der Waals surface area (Å²) in [6, 6.07) is 29.7. The molecule has 0 atom stereocenters. The fraction of sp³-hybridized carbons (Fsp3) is 0.390. The average molecular weight is 664 g/mol. The molecule has 0 saturated carbocycles. The topological polar surface area (TPSA) is 69.7 Å². The molecule has 252 valence electrons. The van der Waals surface area contributed by atoms with Crippen LogP contribution in [0, 0.1) is 19.8 Å². The van der Waals surface area contributed by atoms with Crippen LogP contribution in [-0.4, -0.2) is 50.2 Å². The number of piperidine rings is 1. The van der Waals surface area contributed by atoms with Crippen LogP contribution in [0.4, 0.5) is 5.69 Å². The molecule has 2 aliphatic rings. The number of ketones is 1. The van der Waals surface area contributed by atoms with E-state index < -0.39 is 10.0 Å². The third-order valence-electron chi connectivity index (χ3n) is 10.3. The van der Waals surface area contributed by atoms with E-state index in [0.717, 1.165) is 87.9 Å². The summed E-state index contributed by atoms with van der Waals surface area (Å²) in [6.45, 7) is 9.84. The summed E-state index contributed by atoms with van der Waals surface area (Å²) in [6.07, 6.45) is 6.83. The Kier molecular flexibility index (Phi) is 11.1. The Labute approximate surface area is 287 Å². The van der Waals surface area contributed by atoms with E-state index in [4.69, 9.17) is 0 Å². The van der Waals surface area contributed by atoms with Gasteiger partial charge in [-0.2, -0.15) is 0 Å². The SMILES string of the molecule is Cc1ccc(S(=O)(=O)Nc2ccccc2CN2CCC(CCCC(=O)c3ccc4c(c3)CCN(Cc3ccccc3C)CC4)CC2)cc1. The van der Waals surface area contributed by atoms with Crippen LogP contribution in [0.3, 0.4) is 0 Å². The lowest BCUT2D eigenvalue weighted by Crippen LogP contribution is -2.33. The van der Waals surface area contributed by atoms with Crippen LogP contribution in [0.15, 0.2) is 95.9 Å². The van der Waals surface area contributed by atoms with Gasteiger partial charge in [-0.05, 0) is 123 Å². The van der Waals surface area contributed by atoms with Crippen LogP contribution < -0.4 is 4.72 Å².